The molecule has 3 heterocycles. The molecule has 1 unspecified atom stereocenters. The van der Waals surface area contributed by atoms with Crippen molar-refractivity contribution < 1.29 is 28.9 Å². The number of hydrogen-bond donors (Lipinski definition) is 0. The third-order valence-corrected chi connectivity index (χ3v) is 6.55. The van der Waals surface area contributed by atoms with Crippen LogP contribution in [0.25, 0.3) is 38.8 Å². The van der Waals surface area contributed by atoms with E-state index in [9.17, 15) is 8.78 Å². The molecule has 38 heavy (non-hydrogen) atoms. The molecule has 195 valence electrons. The summed E-state index contributed by atoms with van der Waals surface area (Å²) in [6.45, 7) is 9.01. The molecule has 3 aromatic carbocycles. The topological polar surface area (TPSA) is 43.1 Å². The summed E-state index contributed by atoms with van der Waals surface area (Å²) in [5.74, 6) is 0.0754. The van der Waals surface area contributed by atoms with Gasteiger partial charge < -0.3 is 9.38 Å². The molecule has 0 aliphatic rings. The normalized spacial score (nSPS) is 12.2. The number of rotatable bonds is 2. The van der Waals surface area contributed by atoms with Crippen LogP contribution < -0.4 is 0 Å². The molecule has 0 N–H and O–H groups in total. The summed E-state index contributed by atoms with van der Waals surface area (Å²) in [6, 6.07) is 27.1. The van der Waals surface area contributed by atoms with Crippen molar-refractivity contribution in [2.75, 3.05) is 0 Å². The fourth-order valence-corrected chi connectivity index (χ4v) is 4.13. The molecule has 0 aliphatic carbocycles. The van der Waals surface area contributed by atoms with Crippen LogP contribution in [0.5, 0.6) is 0 Å². The van der Waals surface area contributed by atoms with E-state index in [-0.39, 0.29) is 31.1 Å². The van der Waals surface area contributed by atoms with E-state index in [1.807, 2.05) is 24.3 Å². The molecule has 0 amide bonds. The van der Waals surface area contributed by atoms with Crippen LogP contribution in [0.2, 0.25) is 0 Å². The maximum absolute atomic E-state index is 13.2. The number of para-hydroxylation sites is 2. The average Bonchev–Trinajstić information content (AvgIpc) is 3.28. The van der Waals surface area contributed by atoms with Crippen LogP contribution >= 0.6 is 0 Å². The van der Waals surface area contributed by atoms with Gasteiger partial charge in [0.15, 0.2) is 0 Å². The maximum Gasteiger partial charge on any atom is 0.0995 e. The Labute approximate surface area is 234 Å². The van der Waals surface area contributed by atoms with Crippen molar-refractivity contribution in [3.63, 3.8) is 0 Å². The average molecular weight is 685 g/mol. The Balaban J connectivity index is 0.000000193. The monoisotopic (exact) mass is 685 g/mol. The molecule has 3 aromatic heterocycles. The second-order valence-corrected chi connectivity index (χ2v) is 10.0. The van der Waals surface area contributed by atoms with E-state index in [4.69, 9.17) is 9.97 Å². The SMILES string of the molecule is CC(c1nc2ccc[c-]c2c2nc3ccccc3n12)C(C)(C)C.Fc1c[c-]c(-c2ccccn2)c(F)c1.[Ir]. The van der Waals surface area contributed by atoms with Gasteiger partial charge in [0.1, 0.15) is 0 Å². The second-order valence-electron chi connectivity index (χ2n) is 10.0. The Morgan fingerprint density at radius 2 is 1.63 bits per heavy atom. The van der Waals surface area contributed by atoms with Crippen LogP contribution in [0.3, 0.4) is 0 Å². The minimum atomic E-state index is -0.649. The van der Waals surface area contributed by atoms with Crippen molar-refractivity contribution in [2.45, 2.75) is 33.6 Å². The first-order chi connectivity index (χ1) is 17.7. The number of imidazole rings is 1. The minimum absolute atomic E-state index is 0. The number of pyridine rings is 1. The van der Waals surface area contributed by atoms with Gasteiger partial charge in [0.25, 0.3) is 0 Å². The van der Waals surface area contributed by atoms with Gasteiger partial charge in [-0.05, 0) is 34.8 Å². The first kappa shape index (κ1) is 27.5. The Bertz CT molecular complexity index is 1710. The number of fused-ring (bicyclic) bond motifs is 5. The zero-order chi connectivity index (χ0) is 26.2. The van der Waals surface area contributed by atoms with E-state index in [0.717, 1.165) is 45.5 Å². The van der Waals surface area contributed by atoms with Crippen LogP contribution in [-0.2, 0) is 20.1 Å². The van der Waals surface area contributed by atoms with Crippen LogP contribution in [0.4, 0.5) is 8.78 Å². The molecule has 6 rings (SSSR count). The number of hydrogen-bond acceptors (Lipinski definition) is 3. The van der Waals surface area contributed by atoms with Crippen molar-refractivity contribution in [1.82, 2.24) is 19.4 Å². The van der Waals surface area contributed by atoms with Gasteiger partial charge in [-0.15, -0.1) is 36.4 Å². The fraction of sp³-hybridized carbons (Fsp3) is 0.194. The first-order valence-electron chi connectivity index (χ1n) is 12.1. The number of nitrogens with zero attached hydrogens (tertiary/aromatic N) is 4. The molecule has 0 fully saturated rings. The summed E-state index contributed by atoms with van der Waals surface area (Å²) in [7, 11) is 0. The molecule has 0 aliphatic heterocycles. The van der Waals surface area contributed by atoms with Crippen molar-refractivity contribution in [3.05, 3.63) is 109 Å². The molecule has 0 bridgehead atoms. The molecule has 1 radical (unpaired) electrons. The molecule has 1 atom stereocenters. The minimum Gasteiger partial charge on any atom is -0.321 e. The van der Waals surface area contributed by atoms with E-state index in [1.54, 1.807) is 24.4 Å². The Morgan fingerprint density at radius 3 is 2.34 bits per heavy atom. The van der Waals surface area contributed by atoms with Gasteiger partial charge in [0, 0.05) is 43.9 Å². The standard InChI is InChI=1S/C20H20N3.C11H6F2N.Ir/c1-13(20(2,3)4)18-21-15-10-6-5-9-14(15)19-22-16-11-7-8-12-17(16)23(18)19;12-8-4-5-9(10(13)7-8)11-3-1-2-6-14-11;/h5-8,10-13H,1-4H3;1-4,6-7H;/q2*-1;. The maximum atomic E-state index is 13.2. The second kappa shape index (κ2) is 11.1. The largest absolute Gasteiger partial charge is 0.321 e. The predicted molar refractivity (Wildman–Crippen MR) is 143 cm³/mol. The van der Waals surface area contributed by atoms with Crippen LogP contribution in [0.1, 0.15) is 39.4 Å². The van der Waals surface area contributed by atoms with E-state index < -0.39 is 11.6 Å². The van der Waals surface area contributed by atoms with E-state index in [1.165, 1.54) is 0 Å². The van der Waals surface area contributed by atoms with Crippen molar-refractivity contribution in [1.29, 1.82) is 0 Å². The van der Waals surface area contributed by atoms with Gasteiger partial charge in [0.05, 0.1) is 22.5 Å². The smallest absolute Gasteiger partial charge is 0.0995 e. The van der Waals surface area contributed by atoms with E-state index in [2.05, 4.69) is 67.4 Å². The number of aromatic nitrogens is 4. The Kier molecular flexibility index (Phi) is 8.00. The molecule has 4 nitrogen and oxygen atoms in total. The molecule has 7 heteroatoms. The number of halogens is 2. The van der Waals surface area contributed by atoms with Crippen LogP contribution in [0, 0.1) is 29.2 Å². The summed E-state index contributed by atoms with van der Waals surface area (Å²) in [6.07, 6.45) is 1.55. The zero-order valence-electron chi connectivity index (χ0n) is 21.5. The van der Waals surface area contributed by atoms with Gasteiger partial charge in [-0.2, -0.15) is 0 Å². The van der Waals surface area contributed by atoms with Gasteiger partial charge >= 0.3 is 0 Å². The molecular formula is C31H26F2IrN4-2. The van der Waals surface area contributed by atoms with E-state index in [0.29, 0.717) is 11.6 Å². The molecule has 0 spiro atoms. The predicted octanol–water partition coefficient (Wildman–Crippen LogP) is 7.81. The van der Waals surface area contributed by atoms with Gasteiger partial charge in [-0.3, -0.25) is 18.7 Å². The van der Waals surface area contributed by atoms with Crippen LogP contribution in [-0.4, -0.2) is 19.4 Å². The third-order valence-electron chi connectivity index (χ3n) is 6.55. The quantitative estimate of drug-likeness (QED) is 0.175. The summed E-state index contributed by atoms with van der Waals surface area (Å²) in [4.78, 5) is 13.8. The first-order valence-corrected chi connectivity index (χ1v) is 12.1. The Hall–Kier alpha value is -3.54. The summed E-state index contributed by atoms with van der Waals surface area (Å²) < 4.78 is 28.0. The molecule has 0 saturated carbocycles. The summed E-state index contributed by atoms with van der Waals surface area (Å²) >= 11 is 0. The molecule has 6 aromatic rings. The summed E-state index contributed by atoms with van der Waals surface area (Å²) in [5.41, 5.74) is 4.78. The van der Waals surface area contributed by atoms with Crippen molar-refractivity contribution in [3.8, 4) is 11.3 Å². The van der Waals surface area contributed by atoms with Gasteiger partial charge in [-0.25, -0.2) is 0 Å². The van der Waals surface area contributed by atoms with Crippen molar-refractivity contribution in [2.24, 2.45) is 5.41 Å². The summed E-state index contributed by atoms with van der Waals surface area (Å²) in [5, 5.41) is 0.980. The molecular weight excluding hydrogens is 659 g/mol. The fourth-order valence-electron chi connectivity index (χ4n) is 4.13. The van der Waals surface area contributed by atoms with Gasteiger partial charge in [-0.1, -0.05) is 69.0 Å². The Morgan fingerprint density at radius 1 is 0.895 bits per heavy atom. The number of benzene rings is 3. The molecule has 0 saturated heterocycles. The van der Waals surface area contributed by atoms with Crippen molar-refractivity contribution >= 4 is 27.6 Å². The zero-order valence-corrected chi connectivity index (χ0v) is 23.9. The van der Waals surface area contributed by atoms with E-state index >= 15 is 0 Å². The van der Waals surface area contributed by atoms with Crippen LogP contribution in [0.15, 0.2) is 79.0 Å². The third kappa shape index (κ3) is 5.35. The van der Waals surface area contributed by atoms with Gasteiger partial charge in [0.2, 0.25) is 0 Å².